The Kier molecular flexibility index (Phi) is 11.7. The minimum atomic E-state index is -1.05. The summed E-state index contributed by atoms with van der Waals surface area (Å²) in [6.07, 6.45) is 4.87. The van der Waals surface area contributed by atoms with Gasteiger partial charge in [-0.1, -0.05) is 48.9 Å². The Hall–Kier alpha value is -3.50. The van der Waals surface area contributed by atoms with Gasteiger partial charge in [0.1, 0.15) is 5.78 Å². The van der Waals surface area contributed by atoms with Gasteiger partial charge in [0, 0.05) is 43.3 Å². The lowest BCUT2D eigenvalue weighted by molar-refractivity contribution is -0.144. The number of nitrogens with zero attached hydrogens (tertiary/aromatic N) is 1. The van der Waals surface area contributed by atoms with Crippen LogP contribution in [0.1, 0.15) is 43.4 Å². The van der Waals surface area contributed by atoms with Crippen LogP contribution in [0.15, 0.2) is 55.0 Å². The van der Waals surface area contributed by atoms with Gasteiger partial charge in [0.25, 0.3) is 0 Å². The third-order valence-electron chi connectivity index (χ3n) is 6.77. The molecular formula is C29H36N4O5S. The molecule has 3 rings (SSSR count). The Bertz CT molecular complexity index is 1260. The van der Waals surface area contributed by atoms with Crippen LogP contribution in [0.2, 0.25) is 0 Å². The first kappa shape index (κ1) is 30.0. The van der Waals surface area contributed by atoms with Gasteiger partial charge in [-0.3, -0.25) is 19.2 Å². The molecule has 10 heteroatoms. The molecule has 3 aromatic rings. The van der Waals surface area contributed by atoms with Crippen LogP contribution >= 0.6 is 12.6 Å². The topological polar surface area (TPSA) is 155 Å². The molecule has 3 atom stereocenters. The largest absolute Gasteiger partial charge is 0.481 e. The van der Waals surface area contributed by atoms with E-state index in [9.17, 15) is 24.3 Å². The highest BCUT2D eigenvalue weighted by Crippen LogP contribution is 2.19. The molecule has 0 saturated carbocycles. The van der Waals surface area contributed by atoms with Crippen LogP contribution in [0.25, 0.3) is 10.8 Å². The molecule has 208 valence electrons. The molecule has 0 bridgehead atoms. The number of hydrogen-bond acceptors (Lipinski definition) is 7. The van der Waals surface area contributed by atoms with E-state index in [2.05, 4.69) is 27.9 Å². The maximum Gasteiger partial charge on any atom is 0.306 e. The van der Waals surface area contributed by atoms with E-state index in [-0.39, 0.29) is 37.2 Å². The number of H-pyrrole nitrogens is 1. The first-order valence-electron chi connectivity index (χ1n) is 13.1. The number of hydrogen-bond donors (Lipinski definition) is 5. The number of nitrogens with one attached hydrogen (secondary N) is 2. The number of Topliss-reactive ketones (excluding diaryl/α,β-unsaturated/α-hetero) is 2. The Morgan fingerprint density at radius 1 is 1.03 bits per heavy atom. The number of rotatable bonds is 17. The summed E-state index contributed by atoms with van der Waals surface area (Å²) >= 11 is 4.23. The number of fused-ring (bicyclic) bond motifs is 1. The molecular weight excluding hydrogens is 516 g/mol. The quantitative estimate of drug-likeness (QED) is 0.127. The lowest BCUT2D eigenvalue weighted by atomic mass is 9.91. The summed E-state index contributed by atoms with van der Waals surface area (Å²) in [5.74, 6) is -3.60. The summed E-state index contributed by atoms with van der Waals surface area (Å²) in [6, 6.07) is 12.8. The van der Waals surface area contributed by atoms with Crippen molar-refractivity contribution < 1.29 is 24.3 Å². The number of carboxylic acid groups (broad SMARTS) is 1. The average Bonchev–Trinajstić information content (AvgIpc) is 3.43. The number of ketones is 2. The molecule has 39 heavy (non-hydrogen) atoms. The predicted molar refractivity (Wildman–Crippen MR) is 152 cm³/mol. The van der Waals surface area contributed by atoms with Gasteiger partial charge < -0.3 is 21.1 Å². The number of amides is 1. The van der Waals surface area contributed by atoms with Gasteiger partial charge in [0.15, 0.2) is 5.78 Å². The van der Waals surface area contributed by atoms with E-state index in [4.69, 9.17) is 5.73 Å². The molecule has 0 saturated heterocycles. The van der Waals surface area contributed by atoms with Crippen molar-refractivity contribution in [2.24, 2.45) is 17.6 Å². The summed E-state index contributed by atoms with van der Waals surface area (Å²) in [7, 11) is 0. The molecule has 0 aliphatic heterocycles. The highest BCUT2D eigenvalue weighted by molar-refractivity contribution is 7.80. The SMILES string of the molecule is NCCCCC(CC(=O)[C@H](CS)NC(=O)C(CC(=O)Cc1ccc2ccccc2c1)Cc1cnc[nH]1)C(=O)O. The summed E-state index contributed by atoms with van der Waals surface area (Å²) < 4.78 is 0. The fraction of sp³-hybridized carbons (Fsp3) is 0.414. The minimum Gasteiger partial charge on any atom is -0.481 e. The van der Waals surface area contributed by atoms with Crippen molar-refractivity contribution in [2.45, 2.75) is 51.0 Å². The van der Waals surface area contributed by atoms with Crippen molar-refractivity contribution in [1.29, 1.82) is 0 Å². The van der Waals surface area contributed by atoms with Gasteiger partial charge in [-0.15, -0.1) is 0 Å². The maximum absolute atomic E-state index is 13.3. The van der Waals surface area contributed by atoms with E-state index in [1.54, 1.807) is 6.20 Å². The van der Waals surface area contributed by atoms with Crippen LogP contribution < -0.4 is 11.1 Å². The second kappa shape index (κ2) is 15.2. The van der Waals surface area contributed by atoms with Gasteiger partial charge >= 0.3 is 5.97 Å². The number of imidazole rings is 1. The number of unbranched alkanes of at least 4 members (excludes halogenated alkanes) is 1. The first-order valence-corrected chi connectivity index (χ1v) is 13.8. The number of aliphatic carboxylic acids is 1. The van der Waals surface area contributed by atoms with Crippen LogP contribution in [0.4, 0.5) is 0 Å². The summed E-state index contributed by atoms with van der Waals surface area (Å²) in [5, 5.41) is 14.4. The van der Waals surface area contributed by atoms with E-state index in [0.29, 0.717) is 31.5 Å². The van der Waals surface area contributed by atoms with Gasteiger partial charge in [0.2, 0.25) is 5.91 Å². The molecule has 0 aliphatic carbocycles. The molecule has 9 nitrogen and oxygen atoms in total. The molecule has 0 fully saturated rings. The zero-order valence-corrected chi connectivity index (χ0v) is 22.7. The molecule has 5 N–H and O–H groups in total. The van der Waals surface area contributed by atoms with Crippen molar-refractivity contribution in [1.82, 2.24) is 15.3 Å². The van der Waals surface area contributed by atoms with Gasteiger partial charge in [0.05, 0.1) is 24.2 Å². The zero-order valence-electron chi connectivity index (χ0n) is 21.8. The van der Waals surface area contributed by atoms with Crippen LogP contribution in [0.5, 0.6) is 0 Å². The van der Waals surface area contributed by atoms with E-state index in [0.717, 1.165) is 16.3 Å². The number of aromatic amines is 1. The molecule has 0 aliphatic rings. The summed E-state index contributed by atoms with van der Waals surface area (Å²) in [6.45, 7) is 0.451. The third kappa shape index (κ3) is 9.33. The number of thiol groups is 1. The van der Waals surface area contributed by atoms with Crippen LogP contribution in [0.3, 0.4) is 0 Å². The van der Waals surface area contributed by atoms with Crippen molar-refractivity contribution in [3.05, 3.63) is 66.2 Å². The molecule has 0 spiro atoms. The second-order valence-electron chi connectivity index (χ2n) is 9.81. The molecule has 2 aromatic carbocycles. The second-order valence-corrected chi connectivity index (χ2v) is 10.2. The maximum atomic E-state index is 13.3. The van der Waals surface area contributed by atoms with Gasteiger partial charge in [-0.05, 0) is 35.7 Å². The fourth-order valence-corrected chi connectivity index (χ4v) is 4.89. The Morgan fingerprint density at radius 2 is 1.79 bits per heavy atom. The number of carbonyl (C=O) groups is 4. The smallest absolute Gasteiger partial charge is 0.306 e. The van der Waals surface area contributed by atoms with Crippen molar-refractivity contribution in [2.75, 3.05) is 12.3 Å². The van der Waals surface area contributed by atoms with Gasteiger partial charge in [-0.2, -0.15) is 12.6 Å². The van der Waals surface area contributed by atoms with E-state index < -0.39 is 35.5 Å². The average molecular weight is 553 g/mol. The Morgan fingerprint density at radius 3 is 2.46 bits per heavy atom. The minimum absolute atomic E-state index is 0.0154. The Balaban J connectivity index is 1.67. The molecule has 1 aromatic heterocycles. The monoisotopic (exact) mass is 552 g/mol. The zero-order chi connectivity index (χ0) is 28.2. The third-order valence-corrected chi connectivity index (χ3v) is 7.14. The summed E-state index contributed by atoms with van der Waals surface area (Å²) in [5.41, 5.74) is 7.04. The normalized spacial score (nSPS) is 13.5. The molecule has 0 radical (unpaired) electrons. The highest BCUT2D eigenvalue weighted by Gasteiger charge is 2.30. The van der Waals surface area contributed by atoms with Crippen LogP contribution in [-0.4, -0.2) is 56.9 Å². The number of nitrogens with two attached hydrogens (primary N) is 1. The van der Waals surface area contributed by atoms with Crippen molar-refractivity contribution in [3.8, 4) is 0 Å². The fourth-order valence-electron chi connectivity index (χ4n) is 4.59. The molecule has 1 amide bonds. The van der Waals surface area contributed by atoms with Crippen LogP contribution in [-0.2, 0) is 32.0 Å². The van der Waals surface area contributed by atoms with E-state index in [1.807, 2.05) is 42.5 Å². The first-order chi connectivity index (χ1) is 18.8. The molecule has 2 unspecified atom stereocenters. The number of benzene rings is 2. The van der Waals surface area contributed by atoms with E-state index in [1.165, 1.54) is 6.33 Å². The number of aromatic nitrogens is 2. The van der Waals surface area contributed by atoms with Crippen molar-refractivity contribution in [3.63, 3.8) is 0 Å². The lowest BCUT2D eigenvalue weighted by Crippen LogP contribution is -2.46. The summed E-state index contributed by atoms with van der Waals surface area (Å²) in [4.78, 5) is 57.9. The van der Waals surface area contributed by atoms with E-state index >= 15 is 0 Å². The number of carbonyl (C=O) groups excluding carboxylic acids is 3. The lowest BCUT2D eigenvalue weighted by Gasteiger charge is -2.22. The molecule has 1 heterocycles. The number of carboxylic acids is 1. The standard InChI is InChI=1S/C29H36N4O5S/c30-10-4-3-7-22(29(37)38)15-27(35)26(17-39)33-28(36)23(13-24-16-31-18-32-24)14-25(34)12-19-8-9-20-5-1-2-6-21(20)11-19/h1-2,5-6,8-9,11,16,18,22-23,26,39H,3-4,7,10,12-15,17,30H2,(H,31,32)(H,33,36)(H,37,38)/t22?,23?,26-/m0/s1. The van der Waals surface area contributed by atoms with Crippen molar-refractivity contribution >= 4 is 46.8 Å². The van der Waals surface area contributed by atoms with Crippen LogP contribution in [0, 0.1) is 11.8 Å². The predicted octanol–water partition coefficient (Wildman–Crippen LogP) is 3.13. The van der Waals surface area contributed by atoms with Gasteiger partial charge in [-0.25, -0.2) is 4.98 Å². The Labute approximate surface area is 233 Å². The highest BCUT2D eigenvalue weighted by atomic mass is 32.1.